The molecule has 1 aromatic carbocycles. The Morgan fingerprint density at radius 2 is 2.13 bits per heavy atom. The van der Waals surface area contributed by atoms with Crippen molar-refractivity contribution in [2.24, 2.45) is 0 Å². The van der Waals surface area contributed by atoms with Crippen LogP contribution in [0.5, 0.6) is 0 Å². The summed E-state index contributed by atoms with van der Waals surface area (Å²) in [5.74, 6) is -1.58. The van der Waals surface area contributed by atoms with E-state index in [1.807, 2.05) is 0 Å². The SMILES string of the molecule is Fc1ccc(CN2CCC(Cl)C2)cc1F. The van der Waals surface area contributed by atoms with Crippen LogP contribution >= 0.6 is 11.6 Å². The molecule has 0 aliphatic carbocycles. The van der Waals surface area contributed by atoms with E-state index in [2.05, 4.69) is 4.90 Å². The Hall–Kier alpha value is -0.670. The van der Waals surface area contributed by atoms with Crippen LogP contribution in [0.1, 0.15) is 12.0 Å². The van der Waals surface area contributed by atoms with Crippen molar-refractivity contribution < 1.29 is 8.78 Å². The summed E-state index contributed by atoms with van der Waals surface area (Å²) in [5, 5.41) is 0.190. The summed E-state index contributed by atoms with van der Waals surface area (Å²) in [6, 6.07) is 4.02. The average molecular weight is 232 g/mol. The minimum Gasteiger partial charge on any atom is -0.298 e. The third-order valence-electron chi connectivity index (χ3n) is 2.61. The second-order valence-electron chi connectivity index (χ2n) is 3.87. The molecule has 82 valence electrons. The van der Waals surface area contributed by atoms with Gasteiger partial charge in [-0.15, -0.1) is 11.6 Å². The van der Waals surface area contributed by atoms with Gasteiger partial charge in [0.15, 0.2) is 11.6 Å². The Bertz CT molecular complexity index is 356. The van der Waals surface area contributed by atoms with Crippen LogP contribution < -0.4 is 0 Å². The van der Waals surface area contributed by atoms with Crippen molar-refractivity contribution in [1.82, 2.24) is 4.90 Å². The van der Waals surface area contributed by atoms with Gasteiger partial charge in [-0.1, -0.05) is 6.07 Å². The van der Waals surface area contributed by atoms with E-state index in [-0.39, 0.29) is 5.38 Å². The van der Waals surface area contributed by atoms with E-state index in [1.54, 1.807) is 6.07 Å². The molecule has 0 radical (unpaired) electrons. The third-order valence-corrected chi connectivity index (χ3v) is 2.96. The highest BCUT2D eigenvalue weighted by Crippen LogP contribution is 2.18. The topological polar surface area (TPSA) is 3.24 Å². The van der Waals surface area contributed by atoms with Crippen LogP contribution in [0.3, 0.4) is 0 Å². The first-order chi connectivity index (χ1) is 7.15. The first kappa shape index (κ1) is 10.8. The normalized spacial score (nSPS) is 22.2. The molecule has 1 aliphatic heterocycles. The summed E-state index contributed by atoms with van der Waals surface area (Å²) in [7, 11) is 0. The fourth-order valence-electron chi connectivity index (χ4n) is 1.83. The molecule has 1 atom stereocenters. The van der Waals surface area contributed by atoms with Crippen LogP contribution in [0.15, 0.2) is 18.2 Å². The molecule has 0 N–H and O–H groups in total. The molecule has 0 saturated carbocycles. The zero-order valence-corrected chi connectivity index (χ0v) is 8.97. The molecule has 0 bridgehead atoms. The number of nitrogens with zero attached hydrogens (tertiary/aromatic N) is 1. The van der Waals surface area contributed by atoms with Gasteiger partial charge in [-0.3, -0.25) is 4.90 Å². The Balaban J connectivity index is 2.02. The summed E-state index contributed by atoms with van der Waals surface area (Å²) in [6.45, 7) is 2.38. The smallest absolute Gasteiger partial charge is 0.159 e. The lowest BCUT2D eigenvalue weighted by Gasteiger charge is -2.14. The number of hydrogen-bond donors (Lipinski definition) is 0. The predicted molar refractivity (Wildman–Crippen MR) is 55.9 cm³/mol. The molecule has 1 fully saturated rings. The Kier molecular flexibility index (Phi) is 3.22. The first-order valence-corrected chi connectivity index (χ1v) is 5.39. The Morgan fingerprint density at radius 1 is 1.33 bits per heavy atom. The van der Waals surface area contributed by atoms with E-state index in [0.717, 1.165) is 25.1 Å². The van der Waals surface area contributed by atoms with Gasteiger partial charge in [0.25, 0.3) is 0 Å². The van der Waals surface area contributed by atoms with Gasteiger partial charge in [-0.2, -0.15) is 0 Å². The maximum absolute atomic E-state index is 12.9. The van der Waals surface area contributed by atoms with Crippen LogP contribution in [0.2, 0.25) is 0 Å². The quantitative estimate of drug-likeness (QED) is 0.708. The summed E-state index contributed by atoms with van der Waals surface area (Å²) in [6.07, 6.45) is 0.964. The zero-order valence-electron chi connectivity index (χ0n) is 8.22. The number of hydrogen-bond acceptors (Lipinski definition) is 1. The molecule has 1 aliphatic rings. The van der Waals surface area contributed by atoms with E-state index >= 15 is 0 Å². The fourth-order valence-corrected chi connectivity index (χ4v) is 2.12. The largest absolute Gasteiger partial charge is 0.298 e. The van der Waals surface area contributed by atoms with E-state index in [9.17, 15) is 8.78 Å². The lowest BCUT2D eigenvalue weighted by atomic mass is 10.2. The van der Waals surface area contributed by atoms with Gasteiger partial charge in [0.1, 0.15) is 0 Å². The van der Waals surface area contributed by atoms with Gasteiger partial charge < -0.3 is 0 Å². The molecule has 1 aromatic rings. The molecule has 1 nitrogen and oxygen atoms in total. The second kappa shape index (κ2) is 4.45. The van der Waals surface area contributed by atoms with Gasteiger partial charge in [0, 0.05) is 18.5 Å². The number of benzene rings is 1. The molecule has 0 aromatic heterocycles. The van der Waals surface area contributed by atoms with Crippen molar-refractivity contribution >= 4 is 11.6 Å². The molecule has 2 rings (SSSR count). The first-order valence-electron chi connectivity index (χ1n) is 4.95. The van der Waals surface area contributed by atoms with E-state index in [1.165, 1.54) is 12.1 Å². The highest BCUT2D eigenvalue weighted by atomic mass is 35.5. The van der Waals surface area contributed by atoms with Crippen molar-refractivity contribution in [1.29, 1.82) is 0 Å². The fraction of sp³-hybridized carbons (Fsp3) is 0.455. The minimum atomic E-state index is -0.796. The molecule has 4 heteroatoms. The molecule has 1 heterocycles. The Morgan fingerprint density at radius 3 is 2.73 bits per heavy atom. The third kappa shape index (κ3) is 2.67. The van der Waals surface area contributed by atoms with Crippen LogP contribution in [0, 0.1) is 11.6 Å². The zero-order chi connectivity index (χ0) is 10.8. The van der Waals surface area contributed by atoms with Crippen molar-refractivity contribution in [3.8, 4) is 0 Å². The van der Waals surface area contributed by atoms with Crippen LogP contribution in [-0.4, -0.2) is 23.4 Å². The van der Waals surface area contributed by atoms with E-state index in [4.69, 9.17) is 11.6 Å². The number of alkyl halides is 1. The van der Waals surface area contributed by atoms with Gasteiger partial charge >= 0.3 is 0 Å². The lowest BCUT2D eigenvalue weighted by molar-refractivity contribution is 0.331. The predicted octanol–water partition coefficient (Wildman–Crippen LogP) is 2.78. The summed E-state index contributed by atoms with van der Waals surface area (Å²) in [5.41, 5.74) is 0.791. The molecule has 1 saturated heterocycles. The van der Waals surface area contributed by atoms with Crippen LogP contribution in [0.25, 0.3) is 0 Å². The van der Waals surface area contributed by atoms with Gasteiger partial charge in [-0.25, -0.2) is 8.78 Å². The maximum Gasteiger partial charge on any atom is 0.159 e. The Labute approximate surface area is 92.6 Å². The molecule has 15 heavy (non-hydrogen) atoms. The molecule has 0 spiro atoms. The molecule has 0 amide bonds. The minimum absolute atomic E-state index is 0.190. The van der Waals surface area contributed by atoms with Crippen LogP contribution in [-0.2, 0) is 6.54 Å². The monoisotopic (exact) mass is 231 g/mol. The summed E-state index contributed by atoms with van der Waals surface area (Å²) < 4.78 is 25.6. The average Bonchev–Trinajstić information content (AvgIpc) is 2.58. The molecule has 1 unspecified atom stereocenters. The van der Waals surface area contributed by atoms with Crippen molar-refractivity contribution in [3.63, 3.8) is 0 Å². The van der Waals surface area contributed by atoms with Crippen molar-refractivity contribution in [2.75, 3.05) is 13.1 Å². The van der Waals surface area contributed by atoms with Gasteiger partial charge in [0.2, 0.25) is 0 Å². The summed E-state index contributed by atoms with van der Waals surface area (Å²) >= 11 is 5.95. The van der Waals surface area contributed by atoms with Crippen molar-refractivity contribution in [3.05, 3.63) is 35.4 Å². The van der Waals surface area contributed by atoms with Gasteiger partial charge in [-0.05, 0) is 30.7 Å². The number of halogens is 3. The van der Waals surface area contributed by atoms with E-state index in [0.29, 0.717) is 6.54 Å². The van der Waals surface area contributed by atoms with Gasteiger partial charge in [0.05, 0.1) is 0 Å². The maximum atomic E-state index is 12.9. The highest BCUT2D eigenvalue weighted by Gasteiger charge is 2.20. The highest BCUT2D eigenvalue weighted by molar-refractivity contribution is 6.20. The molecular formula is C11H12ClF2N. The summed E-state index contributed by atoms with van der Waals surface area (Å²) in [4.78, 5) is 2.14. The number of rotatable bonds is 2. The number of likely N-dealkylation sites (tertiary alicyclic amines) is 1. The standard InChI is InChI=1S/C11H12ClF2N/c12-9-3-4-15(7-9)6-8-1-2-10(13)11(14)5-8/h1-2,5,9H,3-4,6-7H2. The molecular weight excluding hydrogens is 220 g/mol. The van der Waals surface area contributed by atoms with E-state index < -0.39 is 11.6 Å². The van der Waals surface area contributed by atoms with Crippen LogP contribution in [0.4, 0.5) is 8.78 Å². The lowest BCUT2D eigenvalue weighted by Crippen LogP contribution is -2.20. The van der Waals surface area contributed by atoms with Crippen molar-refractivity contribution in [2.45, 2.75) is 18.3 Å². The second-order valence-corrected chi connectivity index (χ2v) is 4.49.